The van der Waals surface area contributed by atoms with Crippen LogP contribution in [-0.2, 0) is 0 Å². The van der Waals surface area contributed by atoms with Crippen LogP contribution in [0.15, 0.2) is 55.1 Å². The molecule has 142 valence electrons. The van der Waals surface area contributed by atoms with Crippen molar-refractivity contribution in [1.29, 1.82) is 5.26 Å². The third kappa shape index (κ3) is 3.41. The zero-order chi connectivity index (χ0) is 20.4. The highest BCUT2D eigenvalue weighted by molar-refractivity contribution is 5.95. The molecule has 4 rings (SSSR count). The summed E-state index contributed by atoms with van der Waals surface area (Å²) in [6, 6.07) is 11.8. The molecule has 0 aliphatic rings. The highest BCUT2D eigenvalue weighted by Crippen LogP contribution is 2.35. The van der Waals surface area contributed by atoms with E-state index in [1.807, 2.05) is 31.2 Å². The predicted octanol–water partition coefficient (Wildman–Crippen LogP) is 3.85. The summed E-state index contributed by atoms with van der Waals surface area (Å²) in [6.07, 6.45) is 4.68. The van der Waals surface area contributed by atoms with E-state index in [2.05, 4.69) is 25.3 Å². The van der Waals surface area contributed by atoms with Crippen LogP contribution in [-0.4, -0.2) is 19.9 Å². The maximum atomic E-state index is 13.7. The lowest BCUT2D eigenvalue weighted by molar-refractivity contribution is 0.629. The van der Waals surface area contributed by atoms with E-state index >= 15 is 0 Å². The minimum atomic E-state index is -0.356. The van der Waals surface area contributed by atoms with Crippen LogP contribution in [0.25, 0.3) is 22.2 Å². The average Bonchev–Trinajstić information content (AvgIpc) is 2.73. The normalized spacial score (nSPS) is 11.8. The van der Waals surface area contributed by atoms with Gasteiger partial charge in [0.05, 0.1) is 17.3 Å². The average molecular weight is 385 g/mol. The molecule has 3 aromatic heterocycles. The predicted molar refractivity (Wildman–Crippen MR) is 108 cm³/mol. The van der Waals surface area contributed by atoms with Gasteiger partial charge in [0.2, 0.25) is 0 Å². The summed E-state index contributed by atoms with van der Waals surface area (Å²) in [5.74, 6) is 0.0824. The summed E-state index contributed by atoms with van der Waals surface area (Å²) in [4.78, 5) is 16.9. The van der Waals surface area contributed by atoms with E-state index in [0.29, 0.717) is 11.3 Å². The van der Waals surface area contributed by atoms with E-state index in [9.17, 15) is 9.65 Å². The Morgan fingerprint density at radius 3 is 2.76 bits per heavy atom. The third-order valence-electron chi connectivity index (χ3n) is 4.59. The van der Waals surface area contributed by atoms with Gasteiger partial charge in [-0.1, -0.05) is 6.07 Å². The lowest BCUT2D eigenvalue weighted by atomic mass is 9.96. The number of nitrogen functional groups attached to an aromatic ring is 1. The Balaban J connectivity index is 1.87. The van der Waals surface area contributed by atoms with Crippen molar-refractivity contribution in [2.75, 3.05) is 11.1 Å². The number of hydrogen-bond donors (Lipinski definition) is 2. The first-order chi connectivity index (χ1) is 14.1. The summed E-state index contributed by atoms with van der Waals surface area (Å²) < 4.78 is 13.7. The van der Waals surface area contributed by atoms with Crippen LogP contribution in [0.1, 0.15) is 24.1 Å². The molecule has 0 unspecified atom stereocenters. The van der Waals surface area contributed by atoms with E-state index in [-0.39, 0.29) is 23.2 Å². The lowest BCUT2D eigenvalue weighted by Gasteiger charge is -2.20. The van der Waals surface area contributed by atoms with Crippen molar-refractivity contribution < 1.29 is 4.39 Å². The van der Waals surface area contributed by atoms with Gasteiger partial charge in [0, 0.05) is 35.0 Å². The molecule has 0 saturated carbocycles. The van der Waals surface area contributed by atoms with Crippen molar-refractivity contribution in [2.24, 2.45) is 0 Å². The van der Waals surface area contributed by atoms with Crippen LogP contribution in [0.2, 0.25) is 0 Å². The first-order valence-corrected chi connectivity index (χ1v) is 8.85. The van der Waals surface area contributed by atoms with Gasteiger partial charge >= 0.3 is 0 Å². The molecule has 0 fully saturated rings. The number of fused-ring (bicyclic) bond motifs is 1. The van der Waals surface area contributed by atoms with E-state index in [1.54, 1.807) is 18.5 Å². The van der Waals surface area contributed by atoms with Gasteiger partial charge in [-0.25, -0.2) is 14.4 Å². The molecule has 0 radical (unpaired) electrons. The second kappa shape index (κ2) is 7.48. The van der Waals surface area contributed by atoms with Crippen molar-refractivity contribution in [3.63, 3.8) is 0 Å². The molecule has 7 nitrogen and oxygen atoms in total. The Labute approximate surface area is 166 Å². The fraction of sp³-hybridized carbons (Fsp3) is 0.0952. The van der Waals surface area contributed by atoms with Gasteiger partial charge in [-0.15, -0.1) is 0 Å². The summed E-state index contributed by atoms with van der Waals surface area (Å²) in [7, 11) is 0. The number of hydrogen-bond acceptors (Lipinski definition) is 7. The molecule has 8 heteroatoms. The quantitative estimate of drug-likeness (QED) is 0.548. The summed E-state index contributed by atoms with van der Waals surface area (Å²) in [5.41, 5.74) is 8.88. The summed E-state index contributed by atoms with van der Waals surface area (Å²) in [6.45, 7) is 1.91. The molecule has 3 heterocycles. The maximum absolute atomic E-state index is 13.7. The molecule has 3 N–H and O–H groups in total. The molecule has 29 heavy (non-hydrogen) atoms. The minimum Gasteiger partial charge on any atom is -0.382 e. The minimum absolute atomic E-state index is 0.106. The van der Waals surface area contributed by atoms with E-state index in [1.165, 1.54) is 18.5 Å². The van der Waals surface area contributed by atoms with Crippen molar-refractivity contribution in [3.05, 3.63) is 72.1 Å². The largest absolute Gasteiger partial charge is 0.382 e. The van der Waals surface area contributed by atoms with Gasteiger partial charge in [-0.3, -0.25) is 9.97 Å². The van der Waals surface area contributed by atoms with E-state index in [4.69, 9.17) is 5.73 Å². The maximum Gasteiger partial charge on any atom is 0.150 e. The van der Waals surface area contributed by atoms with Gasteiger partial charge in [-0.2, -0.15) is 5.26 Å². The molecule has 1 atom stereocenters. The monoisotopic (exact) mass is 385 g/mol. The number of halogens is 1. The zero-order valence-corrected chi connectivity index (χ0v) is 15.5. The first kappa shape index (κ1) is 18.3. The number of nitrogens with one attached hydrogen (secondary N) is 1. The fourth-order valence-corrected chi connectivity index (χ4v) is 3.21. The Hall–Kier alpha value is -4.12. The van der Waals surface area contributed by atoms with Crippen LogP contribution in [0, 0.1) is 17.1 Å². The van der Waals surface area contributed by atoms with E-state index < -0.39 is 0 Å². The van der Waals surface area contributed by atoms with Crippen LogP contribution >= 0.6 is 0 Å². The zero-order valence-electron chi connectivity index (χ0n) is 15.5. The molecule has 0 bridgehead atoms. The Morgan fingerprint density at radius 2 is 2.00 bits per heavy atom. The number of anilines is 2. The topological polar surface area (TPSA) is 113 Å². The Morgan fingerprint density at radius 1 is 1.14 bits per heavy atom. The fourth-order valence-electron chi connectivity index (χ4n) is 3.21. The third-order valence-corrected chi connectivity index (χ3v) is 4.59. The number of nitrogens with two attached hydrogens (primary N) is 1. The number of nitrogens with zero attached hydrogens (tertiary/aromatic N) is 5. The summed E-state index contributed by atoms with van der Waals surface area (Å²) >= 11 is 0. The lowest BCUT2D eigenvalue weighted by Crippen LogP contribution is -2.13. The number of rotatable bonds is 4. The van der Waals surface area contributed by atoms with Crippen molar-refractivity contribution in [1.82, 2.24) is 19.9 Å². The number of benzene rings is 1. The van der Waals surface area contributed by atoms with Crippen LogP contribution in [0.5, 0.6) is 0 Å². The number of pyridine rings is 2. The molecular weight excluding hydrogens is 369 g/mol. The molecule has 0 aliphatic heterocycles. The molecular formula is C21H16FN7. The van der Waals surface area contributed by atoms with Crippen molar-refractivity contribution >= 4 is 22.5 Å². The van der Waals surface area contributed by atoms with E-state index in [0.717, 1.165) is 22.2 Å². The first-order valence-electron chi connectivity index (χ1n) is 8.85. The van der Waals surface area contributed by atoms with Gasteiger partial charge in [0.25, 0.3) is 0 Å². The molecule has 0 amide bonds. The molecule has 0 aliphatic carbocycles. The molecule has 0 spiro atoms. The molecule has 0 saturated heterocycles. The highest BCUT2D eigenvalue weighted by atomic mass is 19.1. The second-order valence-corrected chi connectivity index (χ2v) is 6.43. The highest BCUT2D eigenvalue weighted by Gasteiger charge is 2.19. The SMILES string of the molecule is C[C@@H](Nc1ncnc(N)c1C#N)c1cnc2cc(F)ccc2c1-c1ccccn1. The Bertz CT molecular complexity index is 1240. The van der Waals surface area contributed by atoms with Gasteiger partial charge in [0.15, 0.2) is 0 Å². The van der Waals surface area contributed by atoms with Crippen molar-refractivity contribution in [3.8, 4) is 17.3 Å². The van der Waals surface area contributed by atoms with Crippen molar-refractivity contribution in [2.45, 2.75) is 13.0 Å². The number of nitriles is 1. The Kier molecular flexibility index (Phi) is 4.71. The van der Waals surface area contributed by atoms with Gasteiger partial charge in [0.1, 0.15) is 35.4 Å². The number of aromatic nitrogens is 4. The van der Waals surface area contributed by atoms with Crippen LogP contribution in [0.4, 0.5) is 16.0 Å². The van der Waals surface area contributed by atoms with Gasteiger partial charge < -0.3 is 11.1 Å². The smallest absolute Gasteiger partial charge is 0.150 e. The molecule has 1 aromatic carbocycles. The molecule has 4 aromatic rings. The summed E-state index contributed by atoms with van der Waals surface area (Å²) in [5, 5.41) is 13.4. The second-order valence-electron chi connectivity index (χ2n) is 6.43. The van der Waals surface area contributed by atoms with Crippen LogP contribution in [0.3, 0.4) is 0 Å². The standard InChI is InChI=1S/C21H16FN7/c1-12(29-21-15(9-23)20(24)27-11-28-21)16-10-26-18-8-13(22)5-6-14(18)19(16)17-4-2-3-7-25-17/h2-8,10-12H,1H3,(H3,24,27,28,29)/t12-/m1/s1. The van der Waals surface area contributed by atoms with Gasteiger partial charge in [-0.05, 0) is 31.2 Å². The van der Waals surface area contributed by atoms with Crippen LogP contribution < -0.4 is 11.1 Å².